The maximum absolute atomic E-state index is 12.7. The molecule has 90 valence electrons. The van der Waals surface area contributed by atoms with Crippen molar-refractivity contribution < 1.29 is 4.39 Å². The van der Waals surface area contributed by atoms with E-state index in [0.717, 1.165) is 19.5 Å². The Bertz CT molecular complexity index is 319. The van der Waals surface area contributed by atoms with Gasteiger partial charge >= 0.3 is 0 Å². The van der Waals surface area contributed by atoms with E-state index < -0.39 is 5.95 Å². The minimum atomic E-state index is -0.507. The van der Waals surface area contributed by atoms with Crippen LogP contribution in [0, 0.1) is 5.95 Å². The predicted molar refractivity (Wildman–Crippen MR) is 62.9 cm³/mol. The van der Waals surface area contributed by atoms with Gasteiger partial charge in [-0.1, -0.05) is 6.92 Å². The number of nitrogens with one attached hydrogen (secondary N) is 1. The number of likely N-dealkylation sites (N-methyl/N-ethyl adjacent to an activating group) is 1. The molecule has 4 nitrogen and oxygen atoms in total. The first kappa shape index (κ1) is 12.8. The van der Waals surface area contributed by atoms with Crippen molar-refractivity contribution in [2.24, 2.45) is 0 Å². The maximum atomic E-state index is 12.7. The molecule has 0 radical (unpaired) electrons. The van der Waals surface area contributed by atoms with E-state index in [9.17, 15) is 4.39 Å². The van der Waals surface area contributed by atoms with E-state index in [-0.39, 0.29) is 0 Å². The molecular formula is C11H19FN4. The lowest BCUT2D eigenvalue weighted by Crippen LogP contribution is -2.32. The molecule has 1 aromatic heterocycles. The molecule has 0 aliphatic rings. The molecule has 1 atom stereocenters. The van der Waals surface area contributed by atoms with Crippen molar-refractivity contribution in [2.45, 2.75) is 26.3 Å². The van der Waals surface area contributed by atoms with Gasteiger partial charge in [-0.2, -0.15) is 4.39 Å². The third-order valence-corrected chi connectivity index (χ3v) is 2.75. The average Bonchev–Trinajstić information content (AvgIpc) is 2.28. The Morgan fingerprint density at radius 1 is 1.50 bits per heavy atom. The fourth-order valence-corrected chi connectivity index (χ4v) is 1.32. The maximum Gasteiger partial charge on any atom is 0.217 e. The first-order valence-corrected chi connectivity index (χ1v) is 5.55. The average molecular weight is 226 g/mol. The standard InChI is InChI=1S/C11H19FN4/c1-4-9(2)16(3)6-5-13-11-7-10(12)14-8-15-11/h7-9H,4-6H2,1-3H3,(H,13,14,15). The van der Waals surface area contributed by atoms with Gasteiger partial charge in [0, 0.05) is 25.2 Å². The molecule has 0 fully saturated rings. The molecule has 0 amide bonds. The highest BCUT2D eigenvalue weighted by Crippen LogP contribution is 2.03. The van der Waals surface area contributed by atoms with Gasteiger partial charge in [0.15, 0.2) is 0 Å². The van der Waals surface area contributed by atoms with Gasteiger partial charge in [0.2, 0.25) is 5.95 Å². The second kappa shape index (κ2) is 6.37. The van der Waals surface area contributed by atoms with Gasteiger partial charge in [0.05, 0.1) is 0 Å². The van der Waals surface area contributed by atoms with Gasteiger partial charge in [-0.3, -0.25) is 0 Å². The van der Waals surface area contributed by atoms with Crippen LogP contribution in [0.4, 0.5) is 10.2 Å². The fourth-order valence-electron chi connectivity index (χ4n) is 1.32. The van der Waals surface area contributed by atoms with Crippen LogP contribution < -0.4 is 5.32 Å². The molecule has 0 saturated carbocycles. The molecule has 1 aromatic rings. The topological polar surface area (TPSA) is 41.0 Å². The molecule has 5 heteroatoms. The highest BCUT2D eigenvalue weighted by Gasteiger charge is 2.05. The van der Waals surface area contributed by atoms with Gasteiger partial charge in [-0.15, -0.1) is 0 Å². The first-order chi connectivity index (χ1) is 7.63. The number of halogens is 1. The minimum Gasteiger partial charge on any atom is -0.369 e. The van der Waals surface area contributed by atoms with E-state index in [1.54, 1.807) is 0 Å². The summed E-state index contributed by atoms with van der Waals surface area (Å²) in [5, 5.41) is 3.06. The third kappa shape index (κ3) is 4.10. The van der Waals surface area contributed by atoms with Crippen LogP contribution in [-0.4, -0.2) is 41.0 Å². The van der Waals surface area contributed by atoms with Crippen molar-refractivity contribution in [3.63, 3.8) is 0 Å². The zero-order valence-electron chi connectivity index (χ0n) is 10.1. The van der Waals surface area contributed by atoms with Crippen LogP contribution in [0.25, 0.3) is 0 Å². The van der Waals surface area contributed by atoms with Gasteiger partial charge in [0.25, 0.3) is 0 Å². The van der Waals surface area contributed by atoms with Crippen LogP contribution in [0.3, 0.4) is 0 Å². The monoisotopic (exact) mass is 226 g/mol. The summed E-state index contributed by atoms with van der Waals surface area (Å²) in [5.74, 6) is 0.0258. The second-order valence-electron chi connectivity index (χ2n) is 3.89. The smallest absolute Gasteiger partial charge is 0.217 e. The summed E-state index contributed by atoms with van der Waals surface area (Å²) >= 11 is 0. The van der Waals surface area contributed by atoms with E-state index in [0.29, 0.717) is 11.9 Å². The van der Waals surface area contributed by atoms with Crippen molar-refractivity contribution in [2.75, 3.05) is 25.5 Å². The molecule has 16 heavy (non-hydrogen) atoms. The Labute approximate surface area is 95.9 Å². The number of rotatable bonds is 6. The SMILES string of the molecule is CCC(C)N(C)CCNc1cc(F)ncn1. The first-order valence-electron chi connectivity index (χ1n) is 5.55. The summed E-state index contributed by atoms with van der Waals surface area (Å²) in [4.78, 5) is 9.57. The quantitative estimate of drug-likeness (QED) is 0.750. The van der Waals surface area contributed by atoms with E-state index in [4.69, 9.17) is 0 Å². The summed E-state index contributed by atoms with van der Waals surface area (Å²) in [6.07, 6.45) is 2.34. The van der Waals surface area contributed by atoms with Crippen LogP contribution >= 0.6 is 0 Å². The lowest BCUT2D eigenvalue weighted by molar-refractivity contribution is 0.261. The third-order valence-electron chi connectivity index (χ3n) is 2.75. The van der Waals surface area contributed by atoms with Crippen LogP contribution in [0.1, 0.15) is 20.3 Å². The lowest BCUT2D eigenvalue weighted by Gasteiger charge is -2.23. The molecule has 0 aromatic carbocycles. The van der Waals surface area contributed by atoms with E-state index in [2.05, 4.69) is 41.1 Å². The number of anilines is 1. The number of aromatic nitrogens is 2. The predicted octanol–water partition coefficient (Wildman–Crippen LogP) is 1.76. The van der Waals surface area contributed by atoms with E-state index in [1.807, 2.05) is 0 Å². The summed E-state index contributed by atoms with van der Waals surface area (Å²) < 4.78 is 12.7. The van der Waals surface area contributed by atoms with Crippen LogP contribution in [-0.2, 0) is 0 Å². The van der Waals surface area contributed by atoms with Gasteiger partial charge < -0.3 is 10.2 Å². The van der Waals surface area contributed by atoms with Crippen molar-refractivity contribution in [3.8, 4) is 0 Å². The highest BCUT2D eigenvalue weighted by atomic mass is 19.1. The Morgan fingerprint density at radius 3 is 2.88 bits per heavy atom. The Kier molecular flexibility index (Phi) is 5.11. The summed E-state index contributed by atoms with van der Waals surface area (Å²) in [6.45, 7) is 6.00. The molecule has 1 unspecified atom stereocenters. The summed E-state index contributed by atoms with van der Waals surface area (Å²) in [5.41, 5.74) is 0. The summed E-state index contributed by atoms with van der Waals surface area (Å²) in [7, 11) is 2.08. The van der Waals surface area contributed by atoms with Crippen molar-refractivity contribution in [3.05, 3.63) is 18.3 Å². The Balaban J connectivity index is 2.30. The molecule has 0 aliphatic carbocycles. The van der Waals surface area contributed by atoms with Gasteiger partial charge in [-0.05, 0) is 20.4 Å². The second-order valence-corrected chi connectivity index (χ2v) is 3.89. The highest BCUT2D eigenvalue weighted by molar-refractivity contribution is 5.31. The van der Waals surface area contributed by atoms with Crippen LogP contribution in [0.2, 0.25) is 0 Å². The van der Waals surface area contributed by atoms with E-state index in [1.165, 1.54) is 12.4 Å². The number of hydrogen-bond acceptors (Lipinski definition) is 4. The molecule has 0 bridgehead atoms. The summed E-state index contributed by atoms with van der Waals surface area (Å²) in [6, 6.07) is 1.85. The largest absolute Gasteiger partial charge is 0.369 e. The normalized spacial score (nSPS) is 12.8. The van der Waals surface area contributed by atoms with Gasteiger partial charge in [0.1, 0.15) is 12.1 Å². The van der Waals surface area contributed by atoms with Gasteiger partial charge in [-0.25, -0.2) is 9.97 Å². The molecule has 1 N–H and O–H groups in total. The van der Waals surface area contributed by atoms with Crippen molar-refractivity contribution >= 4 is 5.82 Å². The molecule has 0 spiro atoms. The van der Waals surface area contributed by atoms with Crippen LogP contribution in [0.15, 0.2) is 12.4 Å². The number of nitrogens with zero attached hydrogens (tertiary/aromatic N) is 3. The molecule has 1 rings (SSSR count). The fraction of sp³-hybridized carbons (Fsp3) is 0.636. The zero-order valence-corrected chi connectivity index (χ0v) is 10.1. The van der Waals surface area contributed by atoms with Crippen molar-refractivity contribution in [1.82, 2.24) is 14.9 Å². The zero-order chi connectivity index (χ0) is 12.0. The minimum absolute atomic E-state index is 0.507. The molecule has 0 saturated heterocycles. The Hall–Kier alpha value is -1.23. The number of hydrogen-bond donors (Lipinski definition) is 1. The molecule has 0 aliphatic heterocycles. The van der Waals surface area contributed by atoms with Crippen molar-refractivity contribution in [1.29, 1.82) is 0 Å². The van der Waals surface area contributed by atoms with E-state index >= 15 is 0 Å². The molecule has 1 heterocycles. The Morgan fingerprint density at radius 2 is 2.25 bits per heavy atom. The molecular weight excluding hydrogens is 207 g/mol. The van der Waals surface area contributed by atoms with Crippen LogP contribution in [0.5, 0.6) is 0 Å². The lowest BCUT2D eigenvalue weighted by atomic mass is 10.2.